The summed E-state index contributed by atoms with van der Waals surface area (Å²) in [6.07, 6.45) is 6.10. The molecule has 1 aliphatic carbocycles. The molecule has 0 radical (unpaired) electrons. The first-order valence-corrected chi connectivity index (χ1v) is 9.10. The fourth-order valence-corrected chi connectivity index (χ4v) is 3.78. The Kier molecular flexibility index (Phi) is 4.50. The topological polar surface area (TPSA) is 112 Å². The summed E-state index contributed by atoms with van der Waals surface area (Å²) in [6, 6.07) is 0. The maximum absolute atomic E-state index is 12.5. The first-order chi connectivity index (χ1) is 13.1. The van der Waals surface area contributed by atoms with E-state index >= 15 is 0 Å². The molecular weight excluding hydrogens is 370 g/mol. The van der Waals surface area contributed by atoms with Crippen LogP contribution in [0.15, 0.2) is 34.4 Å². The fraction of sp³-hybridized carbons (Fsp3) is 0.294. The number of rotatable bonds is 3. The van der Waals surface area contributed by atoms with Crippen LogP contribution in [-0.2, 0) is 14.3 Å². The average Bonchev–Trinajstić information content (AvgIpc) is 3.11. The van der Waals surface area contributed by atoms with E-state index in [4.69, 9.17) is 15.2 Å². The third-order valence-electron chi connectivity index (χ3n) is 4.26. The van der Waals surface area contributed by atoms with Gasteiger partial charge in [0.05, 0.1) is 25.9 Å². The van der Waals surface area contributed by atoms with E-state index in [1.807, 2.05) is 0 Å². The maximum atomic E-state index is 12.5. The molecule has 0 amide bonds. The highest BCUT2D eigenvalue weighted by atomic mass is 32.1. The van der Waals surface area contributed by atoms with Crippen LogP contribution in [0.3, 0.4) is 0 Å². The van der Waals surface area contributed by atoms with Crippen LogP contribution >= 0.6 is 11.3 Å². The molecule has 0 atom stereocenters. The summed E-state index contributed by atoms with van der Waals surface area (Å²) in [7, 11) is 1.42. The summed E-state index contributed by atoms with van der Waals surface area (Å²) in [6.45, 7) is 2.72. The van der Waals surface area contributed by atoms with Crippen molar-refractivity contribution in [2.24, 2.45) is 0 Å². The van der Waals surface area contributed by atoms with E-state index in [9.17, 15) is 9.59 Å². The van der Waals surface area contributed by atoms with Gasteiger partial charge in [0.1, 0.15) is 5.82 Å². The standard InChI is InChI=1S/C17H17N5O4S/c1-25-13-9-10(2-3-12(13)23)8-11-14(18)22-16(19-15(11)24)27-17(20-22)21-4-6-26-7-5-21/h2-3,8-9H,4-7,18H2,1H3. The van der Waals surface area contributed by atoms with Crippen LogP contribution in [0.1, 0.15) is 5.56 Å². The molecule has 4 rings (SSSR count). The van der Waals surface area contributed by atoms with E-state index in [1.165, 1.54) is 29.0 Å². The molecule has 0 saturated carbocycles. The lowest BCUT2D eigenvalue weighted by Gasteiger charge is -2.25. The van der Waals surface area contributed by atoms with Crippen molar-refractivity contribution in [3.8, 4) is 0 Å². The number of fused-ring (bicyclic) bond motifs is 1. The molecule has 2 N–H and O–H groups in total. The Balaban J connectivity index is 1.77. The molecule has 2 aromatic heterocycles. The molecule has 0 aromatic carbocycles. The molecule has 10 heteroatoms. The van der Waals surface area contributed by atoms with Gasteiger partial charge in [0, 0.05) is 13.1 Å². The monoisotopic (exact) mass is 387 g/mol. The van der Waals surface area contributed by atoms with Crippen LogP contribution in [-0.4, -0.2) is 53.8 Å². The number of nitrogen functional groups attached to an aromatic ring is 1. The van der Waals surface area contributed by atoms with Crippen LogP contribution < -0.4 is 16.2 Å². The van der Waals surface area contributed by atoms with Crippen molar-refractivity contribution >= 4 is 39.1 Å². The minimum atomic E-state index is -0.449. The maximum Gasteiger partial charge on any atom is 0.283 e. The molecule has 1 saturated heterocycles. The van der Waals surface area contributed by atoms with Crippen molar-refractivity contribution in [2.45, 2.75) is 0 Å². The number of ether oxygens (including phenoxy) is 2. The zero-order valence-electron chi connectivity index (χ0n) is 14.5. The van der Waals surface area contributed by atoms with Gasteiger partial charge in [0.25, 0.3) is 5.56 Å². The number of morpholine rings is 1. The molecule has 1 aliphatic heterocycles. The van der Waals surface area contributed by atoms with Gasteiger partial charge in [-0.05, 0) is 23.8 Å². The largest absolute Gasteiger partial charge is 0.493 e. The number of anilines is 2. The number of aromatic nitrogens is 3. The molecule has 2 aliphatic rings. The highest BCUT2D eigenvalue weighted by Gasteiger charge is 2.19. The molecule has 2 aromatic rings. The molecule has 0 unspecified atom stereocenters. The minimum absolute atomic E-state index is 0.194. The number of nitrogens with two attached hydrogens (primary N) is 1. The Morgan fingerprint density at radius 3 is 2.81 bits per heavy atom. The van der Waals surface area contributed by atoms with Gasteiger partial charge in [0.15, 0.2) is 5.76 Å². The zero-order chi connectivity index (χ0) is 19.0. The second-order valence-corrected chi connectivity index (χ2v) is 6.88. The lowest BCUT2D eigenvalue weighted by molar-refractivity contribution is -0.114. The van der Waals surface area contributed by atoms with E-state index in [0.717, 1.165) is 18.2 Å². The summed E-state index contributed by atoms with van der Waals surface area (Å²) < 4.78 is 11.9. The molecule has 1 fully saturated rings. The van der Waals surface area contributed by atoms with E-state index in [1.54, 1.807) is 18.2 Å². The summed E-state index contributed by atoms with van der Waals surface area (Å²) in [5.74, 6) is 0.160. The Labute approximate surface area is 158 Å². The number of methoxy groups -OCH3 is 1. The molecule has 0 bridgehead atoms. The fourth-order valence-electron chi connectivity index (χ4n) is 2.83. The van der Waals surface area contributed by atoms with Gasteiger partial charge in [-0.3, -0.25) is 9.59 Å². The van der Waals surface area contributed by atoms with Gasteiger partial charge in [-0.15, -0.1) is 5.10 Å². The number of ketones is 1. The van der Waals surface area contributed by atoms with Gasteiger partial charge < -0.3 is 20.1 Å². The average molecular weight is 387 g/mol. The third kappa shape index (κ3) is 3.24. The normalized spacial score (nSPS) is 19.0. The van der Waals surface area contributed by atoms with Crippen molar-refractivity contribution in [1.82, 2.24) is 14.6 Å². The summed E-state index contributed by atoms with van der Waals surface area (Å²) in [4.78, 5) is 30.8. The van der Waals surface area contributed by atoms with E-state index in [-0.39, 0.29) is 22.9 Å². The van der Waals surface area contributed by atoms with E-state index < -0.39 is 5.56 Å². The first kappa shape index (κ1) is 17.4. The van der Waals surface area contributed by atoms with Gasteiger partial charge in [-0.2, -0.15) is 9.50 Å². The summed E-state index contributed by atoms with van der Waals surface area (Å²) >= 11 is 1.31. The molecule has 9 nitrogen and oxygen atoms in total. The summed E-state index contributed by atoms with van der Waals surface area (Å²) in [5.41, 5.74) is 6.59. The van der Waals surface area contributed by atoms with Crippen LogP contribution in [0.4, 0.5) is 10.9 Å². The third-order valence-corrected chi connectivity index (χ3v) is 5.23. The summed E-state index contributed by atoms with van der Waals surface area (Å²) in [5, 5.41) is 5.25. The molecule has 3 heterocycles. The zero-order valence-corrected chi connectivity index (χ0v) is 15.4. The Morgan fingerprint density at radius 2 is 2.07 bits per heavy atom. The predicted molar refractivity (Wildman–Crippen MR) is 102 cm³/mol. The van der Waals surface area contributed by atoms with Gasteiger partial charge in [-0.1, -0.05) is 17.4 Å². The van der Waals surface area contributed by atoms with Crippen molar-refractivity contribution < 1.29 is 14.3 Å². The number of hydrogen-bond donors (Lipinski definition) is 1. The number of nitrogens with zero attached hydrogens (tertiary/aromatic N) is 4. The van der Waals surface area contributed by atoms with Crippen molar-refractivity contribution in [1.29, 1.82) is 0 Å². The molecule has 140 valence electrons. The number of carbonyl (C=O) groups is 1. The first-order valence-electron chi connectivity index (χ1n) is 8.28. The smallest absolute Gasteiger partial charge is 0.283 e. The quantitative estimate of drug-likeness (QED) is 0.816. The van der Waals surface area contributed by atoms with Crippen molar-refractivity contribution in [3.05, 3.63) is 45.5 Å². The molecule has 27 heavy (non-hydrogen) atoms. The lowest BCUT2D eigenvalue weighted by atomic mass is 10.0. The number of carbonyl (C=O) groups excluding carboxylic acids is 1. The van der Waals surface area contributed by atoms with Gasteiger partial charge >= 0.3 is 0 Å². The minimum Gasteiger partial charge on any atom is -0.493 e. The molecular formula is C17H17N5O4S. The Morgan fingerprint density at radius 1 is 1.30 bits per heavy atom. The predicted octanol–water partition coefficient (Wildman–Crippen LogP) is 0.622. The van der Waals surface area contributed by atoms with Crippen molar-refractivity contribution in [3.63, 3.8) is 0 Å². The Bertz CT molecular complexity index is 1060. The van der Waals surface area contributed by atoms with E-state index in [2.05, 4.69) is 15.0 Å². The highest BCUT2D eigenvalue weighted by molar-refractivity contribution is 7.20. The van der Waals surface area contributed by atoms with Crippen LogP contribution in [0.25, 0.3) is 11.0 Å². The van der Waals surface area contributed by atoms with Gasteiger partial charge in [-0.25, -0.2) is 0 Å². The van der Waals surface area contributed by atoms with E-state index in [0.29, 0.717) is 23.7 Å². The SMILES string of the molecule is COC1=CC(=Cc2c(N)n3nc(N4CCOCC4)sc3nc2=O)C=CC1=O. The van der Waals surface area contributed by atoms with Crippen molar-refractivity contribution in [2.75, 3.05) is 44.0 Å². The number of hydrogen-bond acceptors (Lipinski definition) is 9. The second-order valence-electron chi connectivity index (χ2n) is 5.95. The van der Waals surface area contributed by atoms with Crippen LogP contribution in [0.5, 0.6) is 0 Å². The van der Waals surface area contributed by atoms with Gasteiger partial charge in [0.2, 0.25) is 15.9 Å². The second kappa shape index (κ2) is 6.97. The van der Waals surface area contributed by atoms with Crippen LogP contribution in [0.2, 0.25) is 0 Å². The Hall–Kier alpha value is -2.98. The molecule has 0 spiro atoms. The lowest BCUT2D eigenvalue weighted by Crippen LogP contribution is -2.36. The number of allylic oxidation sites excluding steroid dienone is 4. The van der Waals surface area contributed by atoms with Crippen LogP contribution in [0, 0.1) is 0 Å². The highest BCUT2D eigenvalue weighted by Crippen LogP contribution is 2.26.